The fraction of sp³-hybridized carbons (Fsp3) is 1.00. The molecule has 0 saturated heterocycles. The van der Waals surface area contributed by atoms with Gasteiger partial charge >= 0.3 is 0 Å². The van der Waals surface area contributed by atoms with Crippen LogP contribution in [0, 0.1) is 33.5 Å². The lowest BCUT2D eigenvalue weighted by molar-refractivity contribution is 0.0737. The molecule has 0 atom stereocenters. The molecule has 0 heteroatoms. The summed E-state index contributed by atoms with van der Waals surface area (Å²) in [6.07, 6.45) is 0. The lowest BCUT2D eigenvalue weighted by Gasteiger charge is -2.42. The van der Waals surface area contributed by atoms with Crippen molar-refractivity contribution in [3.63, 3.8) is 0 Å². The first kappa shape index (κ1) is 22.3. The van der Waals surface area contributed by atoms with E-state index in [2.05, 4.69) is 96.9 Å². The van der Waals surface area contributed by atoms with Gasteiger partial charge in [-0.2, -0.15) is 0 Å². The zero-order valence-electron chi connectivity index (χ0n) is 17.2. The van der Waals surface area contributed by atoms with Crippen molar-refractivity contribution < 1.29 is 0 Å². The summed E-state index contributed by atoms with van der Waals surface area (Å²) in [6.45, 7) is 32.4. The molecule has 0 saturated carbocycles. The monoisotopic (exact) mass is 284 g/mol. The highest BCUT2D eigenvalue weighted by Gasteiger charge is 2.35. The highest BCUT2D eigenvalue weighted by molar-refractivity contribution is 4.84. The first-order chi connectivity index (χ1) is 8.35. The molecule has 0 N–H and O–H groups in total. The summed E-state index contributed by atoms with van der Waals surface area (Å²) in [5.41, 5.74) is 1.74. The van der Waals surface area contributed by atoms with Crippen LogP contribution in [0.3, 0.4) is 0 Å². The maximum absolute atomic E-state index is 2.34. The average molecular weight is 285 g/mol. The van der Waals surface area contributed by atoms with Gasteiger partial charge in [0.2, 0.25) is 0 Å². The Morgan fingerprint density at radius 3 is 0.750 bits per heavy atom. The molecular formula is C20H44. The van der Waals surface area contributed by atoms with Crippen LogP contribution in [0.4, 0.5) is 0 Å². The second-order valence-corrected chi connectivity index (χ2v) is 10.6. The summed E-state index contributed by atoms with van der Waals surface area (Å²) in [5, 5.41) is 0. The Morgan fingerprint density at radius 1 is 0.500 bits per heavy atom. The molecule has 0 aliphatic rings. The smallest absolute Gasteiger partial charge is 0.0283 e. The molecular weight excluding hydrogens is 240 g/mol. The lowest BCUT2D eigenvalue weighted by atomic mass is 9.63. The third-order valence-corrected chi connectivity index (χ3v) is 5.97. The van der Waals surface area contributed by atoms with Crippen LogP contribution >= 0.6 is 0 Å². The minimum atomic E-state index is 0.418. The largest absolute Gasteiger partial charge is 0.0622 e. The minimum Gasteiger partial charge on any atom is -0.0622 e. The molecule has 124 valence electrons. The molecule has 0 fully saturated rings. The van der Waals surface area contributed by atoms with Crippen molar-refractivity contribution in [1.82, 2.24) is 0 Å². The van der Waals surface area contributed by atoms with Gasteiger partial charge in [-0.05, 0) is 33.5 Å². The van der Waals surface area contributed by atoms with Gasteiger partial charge in [0.15, 0.2) is 0 Å². The third kappa shape index (κ3) is 7.14. The van der Waals surface area contributed by atoms with Crippen molar-refractivity contribution in [3.8, 4) is 0 Å². The molecule has 0 nitrogen and oxygen atoms in total. The summed E-state index contributed by atoms with van der Waals surface area (Å²) in [4.78, 5) is 0. The Kier molecular flexibility index (Phi) is 7.62. The molecule has 0 amide bonds. The quantitative estimate of drug-likeness (QED) is 0.469. The predicted octanol–water partition coefficient (Wildman–Crippen LogP) is 7.43. The Hall–Kier alpha value is 0. The van der Waals surface area contributed by atoms with E-state index >= 15 is 0 Å². The SMILES string of the molecule is CC(C(C)(C)C)C(C)(C)C.CC(C)C(C)(C)C(C)(C)C. The average Bonchev–Trinajstić information content (AvgIpc) is 2.12. The maximum atomic E-state index is 2.34. The highest BCUT2D eigenvalue weighted by Crippen LogP contribution is 2.43. The van der Waals surface area contributed by atoms with E-state index in [1.54, 1.807) is 0 Å². The molecule has 0 heterocycles. The van der Waals surface area contributed by atoms with Gasteiger partial charge in [-0.25, -0.2) is 0 Å². The number of hydrogen-bond donors (Lipinski definition) is 0. The van der Waals surface area contributed by atoms with Crippen LogP contribution in [0.5, 0.6) is 0 Å². The first-order valence-corrected chi connectivity index (χ1v) is 8.35. The van der Waals surface area contributed by atoms with Crippen molar-refractivity contribution in [2.24, 2.45) is 33.5 Å². The van der Waals surface area contributed by atoms with Crippen LogP contribution in [-0.2, 0) is 0 Å². The molecule has 0 unspecified atom stereocenters. The van der Waals surface area contributed by atoms with Crippen molar-refractivity contribution in [3.05, 3.63) is 0 Å². The van der Waals surface area contributed by atoms with E-state index in [0.29, 0.717) is 21.7 Å². The van der Waals surface area contributed by atoms with Crippen LogP contribution < -0.4 is 0 Å². The van der Waals surface area contributed by atoms with E-state index in [1.807, 2.05) is 0 Å². The van der Waals surface area contributed by atoms with E-state index in [4.69, 9.17) is 0 Å². The van der Waals surface area contributed by atoms with Crippen LogP contribution in [0.2, 0.25) is 0 Å². The standard InChI is InChI=1S/2C10H22/c1-8(9(2,3)4)10(5,6)7;1-8(2)10(6,7)9(3,4)5/h2*8H,1-7H3. The summed E-state index contributed by atoms with van der Waals surface area (Å²) in [5.74, 6) is 1.52. The molecule has 0 rings (SSSR count). The second kappa shape index (κ2) is 6.84. The van der Waals surface area contributed by atoms with Gasteiger partial charge in [0, 0.05) is 0 Å². The topological polar surface area (TPSA) is 0 Å². The number of hydrogen-bond acceptors (Lipinski definition) is 0. The summed E-state index contributed by atoms with van der Waals surface area (Å²) >= 11 is 0. The molecule has 0 radical (unpaired) electrons. The van der Waals surface area contributed by atoms with E-state index in [1.165, 1.54) is 0 Å². The summed E-state index contributed by atoms with van der Waals surface area (Å²) in [6, 6.07) is 0. The Bertz CT molecular complexity index is 246. The fourth-order valence-corrected chi connectivity index (χ4v) is 2.17. The maximum Gasteiger partial charge on any atom is -0.0283 e. The lowest BCUT2D eigenvalue weighted by Crippen LogP contribution is -2.34. The van der Waals surface area contributed by atoms with Gasteiger partial charge in [0.05, 0.1) is 0 Å². The molecule has 0 aliphatic heterocycles. The molecule has 0 bridgehead atoms. The van der Waals surface area contributed by atoms with E-state index in [0.717, 1.165) is 11.8 Å². The van der Waals surface area contributed by atoms with Gasteiger partial charge in [-0.1, -0.05) is 96.9 Å². The van der Waals surface area contributed by atoms with Crippen molar-refractivity contribution in [1.29, 1.82) is 0 Å². The molecule has 0 aromatic carbocycles. The van der Waals surface area contributed by atoms with Gasteiger partial charge in [-0.3, -0.25) is 0 Å². The Balaban J connectivity index is 0. The fourth-order valence-electron chi connectivity index (χ4n) is 2.17. The van der Waals surface area contributed by atoms with Crippen LogP contribution in [0.1, 0.15) is 96.9 Å². The van der Waals surface area contributed by atoms with E-state index < -0.39 is 0 Å². The molecule has 0 aromatic heterocycles. The first-order valence-electron chi connectivity index (χ1n) is 8.35. The molecule has 0 spiro atoms. The van der Waals surface area contributed by atoms with Gasteiger partial charge in [-0.15, -0.1) is 0 Å². The van der Waals surface area contributed by atoms with Crippen LogP contribution in [-0.4, -0.2) is 0 Å². The minimum absolute atomic E-state index is 0.418. The molecule has 20 heavy (non-hydrogen) atoms. The number of rotatable bonds is 1. The zero-order chi connectivity index (χ0) is 17.2. The van der Waals surface area contributed by atoms with Crippen LogP contribution in [0.15, 0.2) is 0 Å². The van der Waals surface area contributed by atoms with E-state index in [-0.39, 0.29) is 0 Å². The second-order valence-electron chi connectivity index (χ2n) is 10.6. The highest BCUT2D eigenvalue weighted by atomic mass is 14.4. The van der Waals surface area contributed by atoms with Crippen LogP contribution in [0.25, 0.3) is 0 Å². The molecule has 0 aliphatic carbocycles. The zero-order valence-corrected chi connectivity index (χ0v) is 17.2. The van der Waals surface area contributed by atoms with E-state index in [9.17, 15) is 0 Å². The van der Waals surface area contributed by atoms with Gasteiger partial charge in [0.25, 0.3) is 0 Å². The Labute approximate surface area is 131 Å². The van der Waals surface area contributed by atoms with Gasteiger partial charge in [0.1, 0.15) is 0 Å². The summed E-state index contributed by atoms with van der Waals surface area (Å²) < 4.78 is 0. The normalized spacial score (nSPS) is 14.4. The summed E-state index contributed by atoms with van der Waals surface area (Å²) in [7, 11) is 0. The third-order valence-electron chi connectivity index (χ3n) is 5.97. The van der Waals surface area contributed by atoms with Gasteiger partial charge < -0.3 is 0 Å². The van der Waals surface area contributed by atoms with Crippen molar-refractivity contribution >= 4 is 0 Å². The Morgan fingerprint density at radius 2 is 0.750 bits per heavy atom. The van der Waals surface area contributed by atoms with Crippen molar-refractivity contribution in [2.45, 2.75) is 96.9 Å². The van der Waals surface area contributed by atoms with Crippen molar-refractivity contribution in [2.75, 3.05) is 0 Å². The predicted molar refractivity (Wildman–Crippen MR) is 96.1 cm³/mol. The molecule has 0 aromatic rings.